The minimum absolute atomic E-state index is 0.0326. The molecular weight excluding hydrogens is 471 g/mol. The Kier molecular flexibility index (Phi) is 6.83. The van der Waals surface area contributed by atoms with Crippen molar-refractivity contribution >= 4 is 46.4 Å². The highest BCUT2D eigenvalue weighted by Crippen LogP contribution is 2.41. The summed E-state index contributed by atoms with van der Waals surface area (Å²) in [5.74, 6) is -1.73. The molecule has 3 N–H and O–H groups in total. The van der Waals surface area contributed by atoms with Crippen LogP contribution < -0.4 is 16.2 Å². The lowest BCUT2D eigenvalue weighted by Crippen LogP contribution is -2.76. The molecule has 0 atom stereocenters. The molecule has 0 aliphatic heterocycles. The van der Waals surface area contributed by atoms with Crippen LogP contribution in [0.15, 0.2) is 42.5 Å². The first-order valence-corrected chi connectivity index (χ1v) is 8.60. The fourth-order valence-electron chi connectivity index (χ4n) is 2.12. The third-order valence-corrected chi connectivity index (χ3v) is 4.33. The van der Waals surface area contributed by atoms with Crippen LogP contribution in [-0.4, -0.2) is 23.9 Å². The van der Waals surface area contributed by atoms with Gasteiger partial charge in [-0.2, -0.15) is 31.8 Å². The topological polar surface area (TPSA) is 53.2 Å². The first kappa shape index (κ1) is 23.4. The second kappa shape index (κ2) is 8.47. The first-order chi connectivity index (χ1) is 13.3. The predicted molar refractivity (Wildman–Crippen MR) is 97.0 cm³/mol. The second-order valence-corrected chi connectivity index (χ2v) is 6.86. The maximum Gasteiger partial charge on any atom is 0.436 e. The molecule has 0 bridgehead atoms. The second-order valence-electron chi connectivity index (χ2n) is 5.58. The average Bonchev–Trinajstić information content (AvgIpc) is 2.56. The van der Waals surface area contributed by atoms with E-state index in [-0.39, 0.29) is 15.7 Å². The maximum absolute atomic E-state index is 13.6. The minimum Gasteiger partial charge on any atom is -0.319 e. The van der Waals surface area contributed by atoms with Crippen molar-refractivity contribution in [1.29, 1.82) is 0 Å². The van der Waals surface area contributed by atoms with Crippen molar-refractivity contribution in [3.05, 3.63) is 63.1 Å². The number of hydrogen-bond acceptors (Lipinski definition) is 3. The van der Waals surface area contributed by atoms with Gasteiger partial charge in [0.15, 0.2) is 0 Å². The van der Waals surface area contributed by atoms with Crippen LogP contribution in [0, 0.1) is 0 Å². The Morgan fingerprint density at radius 3 is 1.93 bits per heavy atom. The summed E-state index contributed by atoms with van der Waals surface area (Å²) in [4.78, 5) is 12.2. The molecule has 13 heteroatoms. The molecule has 2 rings (SSSR count). The summed E-state index contributed by atoms with van der Waals surface area (Å²) in [6, 6.07) is 7.86. The van der Waals surface area contributed by atoms with Gasteiger partial charge >= 0.3 is 18.0 Å². The van der Waals surface area contributed by atoms with Gasteiger partial charge in [0.25, 0.3) is 5.91 Å². The molecule has 0 unspecified atom stereocenters. The normalized spacial score (nSPS) is 12.6. The number of alkyl halides is 6. The molecule has 0 aromatic heterocycles. The third kappa shape index (κ3) is 5.19. The standard InChI is InChI=1S/C16H10Cl3F6N3O/c17-8-2-1-3-10(6-8)27-28-14(15(20,21)22,16(23,24)25)26-13(29)11-5-4-9(18)7-12(11)19/h1-7,27-28H,(H,26,29). The van der Waals surface area contributed by atoms with Crippen LogP contribution in [0.2, 0.25) is 15.1 Å². The number of amides is 1. The number of rotatable bonds is 5. The molecule has 0 heterocycles. The van der Waals surface area contributed by atoms with E-state index in [0.29, 0.717) is 0 Å². The zero-order chi connectivity index (χ0) is 22.0. The van der Waals surface area contributed by atoms with Gasteiger partial charge in [0, 0.05) is 10.0 Å². The number of anilines is 1. The smallest absolute Gasteiger partial charge is 0.319 e. The lowest BCUT2D eigenvalue weighted by Gasteiger charge is -2.38. The largest absolute Gasteiger partial charge is 0.436 e. The summed E-state index contributed by atoms with van der Waals surface area (Å²) in [6.45, 7) is 0. The lowest BCUT2D eigenvalue weighted by molar-refractivity contribution is -0.312. The van der Waals surface area contributed by atoms with Gasteiger partial charge in [-0.1, -0.05) is 40.9 Å². The van der Waals surface area contributed by atoms with Crippen LogP contribution in [0.3, 0.4) is 0 Å². The van der Waals surface area contributed by atoms with E-state index in [2.05, 4.69) is 0 Å². The van der Waals surface area contributed by atoms with Gasteiger partial charge in [-0.25, -0.2) is 0 Å². The Labute approximate surface area is 175 Å². The quantitative estimate of drug-likeness (QED) is 0.287. The number of carbonyl (C=O) groups excluding carboxylic acids is 1. The first-order valence-electron chi connectivity index (χ1n) is 7.46. The van der Waals surface area contributed by atoms with Crippen LogP contribution in [0.4, 0.5) is 32.0 Å². The van der Waals surface area contributed by atoms with E-state index < -0.39 is 34.5 Å². The maximum atomic E-state index is 13.6. The van der Waals surface area contributed by atoms with E-state index in [1.165, 1.54) is 12.1 Å². The van der Waals surface area contributed by atoms with Gasteiger partial charge in [0.2, 0.25) is 0 Å². The number of benzene rings is 2. The Morgan fingerprint density at radius 1 is 0.828 bits per heavy atom. The number of halogens is 9. The zero-order valence-electron chi connectivity index (χ0n) is 13.9. The third-order valence-electron chi connectivity index (χ3n) is 3.55. The van der Waals surface area contributed by atoms with Gasteiger partial charge < -0.3 is 10.7 Å². The molecule has 0 spiro atoms. The molecule has 0 saturated carbocycles. The van der Waals surface area contributed by atoms with E-state index in [1.807, 2.05) is 0 Å². The van der Waals surface area contributed by atoms with E-state index in [4.69, 9.17) is 34.8 Å². The number of hydrogen-bond donors (Lipinski definition) is 3. The Morgan fingerprint density at radius 2 is 1.41 bits per heavy atom. The monoisotopic (exact) mass is 479 g/mol. The molecule has 0 radical (unpaired) electrons. The summed E-state index contributed by atoms with van der Waals surface area (Å²) < 4.78 is 81.5. The van der Waals surface area contributed by atoms with E-state index >= 15 is 0 Å². The highest BCUT2D eigenvalue weighted by Gasteiger charge is 2.72. The van der Waals surface area contributed by atoms with E-state index in [9.17, 15) is 31.1 Å². The highest BCUT2D eigenvalue weighted by atomic mass is 35.5. The van der Waals surface area contributed by atoms with Crippen molar-refractivity contribution in [3.8, 4) is 0 Å². The van der Waals surface area contributed by atoms with Crippen molar-refractivity contribution in [2.75, 3.05) is 5.43 Å². The van der Waals surface area contributed by atoms with Crippen molar-refractivity contribution in [2.24, 2.45) is 0 Å². The summed E-state index contributed by atoms with van der Waals surface area (Å²) in [7, 11) is 0. The highest BCUT2D eigenvalue weighted by molar-refractivity contribution is 6.36. The molecule has 1 amide bonds. The SMILES string of the molecule is O=C(NC(NNc1cccc(Cl)c1)(C(F)(F)F)C(F)(F)F)c1ccc(Cl)cc1Cl. The molecule has 0 aliphatic rings. The van der Waals surface area contributed by atoms with Gasteiger partial charge in [-0.15, -0.1) is 0 Å². The van der Waals surface area contributed by atoms with Gasteiger partial charge in [-0.3, -0.25) is 4.79 Å². The fraction of sp³-hybridized carbons (Fsp3) is 0.188. The molecule has 0 fully saturated rings. The Bertz CT molecular complexity index is 890. The van der Waals surface area contributed by atoms with Crippen LogP contribution in [0.1, 0.15) is 10.4 Å². The Balaban J connectivity index is 2.44. The van der Waals surface area contributed by atoms with Crippen molar-refractivity contribution in [3.63, 3.8) is 0 Å². The molecule has 2 aromatic carbocycles. The fourth-order valence-corrected chi connectivity index (χ4v) is 2.80. The van der Waals surface area contributed by atoms with Gasteiger partial charge in [-0.05, 0) is 36.4 Å². The van der Waals surface area contributed by atoms with Gasteiger partial charge in [0.05, 0.1) is 16.3 Å². The molecule has 158 valence electrons. The molecule has 0 saturated heterocycles. The molecule has 2 aromatic rings. The van der Waals surface area contributed by atoms with Crippen LogP contribution >= 0.6 is 34.8 Å². The van der Waals surface area contributed by atoms with Crippen molar-refractivity contribution in [2.45, 2.75) is 18.0 Å². The van der Waals surface area contributed by atoms with Crippen LogP contribution in [0.25, 0.3) is 0 Å². The van der Waals surface area contributed by atoms with E-state index in [1.54, 1.807) is 5.43 Å². The molecule has 29 heavy (non-hydrogen) atoms. The zero-order valence-corrected chi connectivity index (χ0v) is 16.1. The minimum atomic E-state index is -6.01. The summed E-state index contributed by atoms with van der Waals surface area (Å²) in [5.41, 5.74) is -2.81. The molecule has 0 aliphatic carbocycles. The summed E-state index contributed by atoms with van der Waals surface area (Å²) >= 11 is 17.0. The number of hydrazine groups is 1. The molecular formula is C16H10Cl3F6N3O. The van der Waals surface area contributed by atoms with Gasteiger partial charge in [0.1, 0.15) is 0 Å². The van der Waals surface area contributed by atoms with Crippen LogP contribution in [-0.2, 0) is 0 Å². The van der Waals surface area contributed by atoms with Crippen molar-refractivity contribution < 1.29 is 31.1 Å². The summed E-state index contributed by atoms with van der Waals surface area (Å²) in [5, 5.41) is 0.601. The number of nitrogens with one attached hydrogen (secondary N) is 3. The lowest BCUT2D eigenvalue weighted by atomic mass is 10.1. The Hall–Kier alpha value is -1.88. The summed E-state index contributed by atoms with van der Waals surface area (Å²) in [6.07, 6.45) is -12.0. The molecule has 4 nitrogen and oxygen atoms in total. The average molecular weight is 481 g/mol. The predicted octanol–water partition coefficient (Wildman–Crippen LogP) is 5.81. The van der Waals surface area contributed by atoms with E-state index in [0.717, 1.165) is 41.1 Å². The number of carbonyl (C=O) groups is 1. The van der Waals surface area contributed by atoms with Crippen molar-refractivity contribution in [1.82, 2.24) is 10.7 Å². The van der Waals surface area contributed by atoms with Crippen LogP contribution in [0.5, 0.6) is 0 Å².